The molecule has 0 spiro atoms. The van der Waals surface area contributed by atoms with Gasteiger partial charge in [0.2, 0.25) is 0 Å². The molecule has 6 heteroatoms. The Morgan fingerprint density at radius 2 is 2.00 bits per heavy atom. The molecule has 0 bridgehead atoms. The van der Waals surface area contributed by atoms with Crippen molar-refractivity contribution in [3.63, 3.8) is 0 Å². The quantitative estimate of drug-likeness (QED) is 0.766. The van der Waals surface area contributed by atoms with Crippen LogP contribution in [0.15, 0.2) is 30.6 Å². The van der Waals surface area contributed by atoms with Gasteiger partial charge in [0.1, 0.15) is 12.2 Å². The summed E-state index contributed by atoms with van der Waals surface area (Å²) in [5.74, 6) is 0.640. The van der Waals surface area contributed by atoms with E-state index in [-0.39, 0.29) is 18.1 Å². The van der Waals surface area contributed by atoms with E-state index >= 15 is 0 Å². The Balaban J connectivity index is 1.86. The Labute approximate surface area is 130 Å². The molecule has 0 unspecified atom stereocenters. The van der Waals surface area contributed by atoms with E-state index < -0.39 is 0 Å². The van der Waals surface area contributed by atoms with Gasteiger partial charge in [-0.2, -0.15) is 5.10 Å². The van der Waals surface area contributed by atoms with Crippen molar-refractivity contribution >= 4 is 6.03 Å². The van der Waals surface area contributed by atoms with E-state index in [1.165, 1.54) is 17.5 Å². The average molecular weight is 301 g/mol. The molecule has 0 fully saturated rings. The van der Waals surface area contributed by atoms with Gasteiger partial charge >= 0.3 is 6.03 Å². The van der Waals surface area contributed by atoms with Crippen molar-refractivity contribution in [2.75, 3.05) is 0 Å². The fourth-order valence-corrected chi connectivity index (χ4v) is 2.22. The second-order valence-corrected chi connectivity index (χ2v) is 5.51. The van der Waals surface area contributed by atoms with Crippen LogP contribution in [-0.2, 0) is 6.42 Å². The van der Waals surface area contributed by atoms with Crippen LogP contribution < -0.4 is 10.6 Å². The molecule has 2 aromatic rings. The summed E-state index contributed by atoms with van der Waals surface area (Å²) >= 11 is 0. The Bertz CT molecular complexity index is 579. The summed E-state index contributed by atoms with van der Waals surface area (Å²) in [7, 11) is 0. The van der Waals surface area contributed by atoms with Crippen LogP contribution in [0.1, 0.15) is 43.3 Å². The molecule has 0 radical (unpaired) electrons. The van der Waals surface area contributed by atoms with Crippen molar-refractivity contribution < 1.29 is 4.79 Å². The molecule has 3 N–H and O–H groups in total. The lowest BCUT2D eigenvalue weighted by Gasteiger charge is -2.19. The van der Waals surface area contributed by atoms with E-state index in [0.29, 0.717) is 5.82 Å². The van der Waals surface area contributed by atoms with Crippen molar-refractivity contribution in [1.82, 2.24) is 25.8 Å². The molecule has 0 aliphatic heterocycles. The van der Waals surface area contributed by atoms with Gasteiger partial charge in [0.15, 0.2) is 0 Å². The lowest BCUT2D eigenvalue weighted by molar-refractivity contribution is 0.233. The summed E-state index contributed by atoms with van der Waals surface area (Å²) < 4.78 is 0. The number of benzene rings is 1. The van der Waals surface area contributed by atoms with E-state index in [1.54, 1.807) is 0 Å². The number of carbonyl (C=O) groups is 1. The first kappa shape index (κ1) is 16.0. The number of amides is 2. The van der Waals surface area contributed by atoms with Crippen molar-refractivity contribution in [2.24, 2.45) is 0 Å². The first-order valence-corrected chi connectivity index (χ1v) is 7.56. The zero-order valence-electron chi connectivity index (χ0n) is 13.3. The van der Waals surface area contributed by atoms with Crippen LogP contribution in [0, 0.1) is 6.92 Å². The maximum atomic E-state index is 12.1. The molecule has 118 valence electrons. The number of hydrogen-bond acceptors (Lipinski definition) is 3. The van der Waals surface area contributed by atoms with Crippen LogP contribution in [0.4, 0.5) is 4.79 Å². The molecule has 0 aliphatic rings. The van der Waals surface area contributed by atoms with Gasteiger partial charge in [-0.25, -0.2) is 9.78 Å². The van der Waals surface area contributed by atoms with Gasteiger partial charge in [-0.3, -0.25) is 5.10 Å². The highest BCUT2D eigenvalue weighted by atomic mass is 16.2. The van der Waals surface area contributed by atoms with Crippen LogP contribution in [-0.4, -0.2) is 27.3 Å². The Morgan fingerprint density at radius 1 is 1.27 bits per heavy atom. The maximum absolute atomic E-state index is 12.1. The number of aromatic amines is 1. The molecule has 0 aliphatic carbocycles. The van der Waals surface area contributed by atoms with E-state index in [4.69, 9.17) is 0 Å². The molecule has 2 amide bonds. The standard InChI is InChI=1S/C16H23N5O/c1-4-14(9-13-7-5-11(2)6-8-13)20-16(22)19-12(3)15-17-10-18-21-15/h5-8,10,12,14H,4,9H2,1-3H3,(H,17,18,21)(H2,19,20,22)/t12-,14+/m0/s1. The molecule has 0 saturated heterocycles. The van der Waals surface area contributed by atoms with Crippen molar-refractivity contribution in [3.8, 4) is 0 Å². The Morgan fingerprint density at radius 3 is 2.59 bits per heavy atom. The topological polar surface area (TPSA) is 82.7 Å². The van der Waals surface area contributed by atoms with Gasteiger partial charge in [0.05, 0.1) is 6.04 Å². The average Bonchev–Trinajstić information content (AvgIpc) is 3.03. The number of aryl methyl sites for hydroxylation is 1. The molecular weight excluding hydrogens is 278 g/mol. The number of aromatic nitrogens is 3. The smallest absolute Gasteiger partial charge is 0.315 e. The largest absolute Gasteiger partial charge is 0.335 e. The molecular formula is C16H23N5O. The normalized spacial score (nSPS) is 13.4. The number of nitrogens with one attached hydrogen (secondary N) is 3. The third kappa shape index (κ3) is 4.58. The van der Waals surface area contributed by atoms with E-state index in [0.717, 1.165) is 12.8 Å². The van der Waals surface area contributed by atoms with Gasteiger partial charge < -0.3 is 10.6 Å². The van der Waals surface area contributed by atoms with Crippen LogP contribution in [0.2, 0.25) is 0 Å². The van der Waals surface area contributed by atoms with E-state index in [1.807, 2.05) is 6.92 Å². The number of H-pyrrole nitrogens is 1. The summed E-state index contributed by atoms with van der Waals surface area (Å²) in [6, 6.07) is 8.10. The van der Waals surface area contributed by atoms with Gasteiger partial charge in [0, 0.05) is 6.04 Å². The van der Waals surface area contributed by atoms with E-state index in [2.05, 4.69) is 63.9 Å². The van der Waals surface area contributed by atoms with Gasteiger partial charge in [-0.05, 0) is 32.3 Å². The molecule has 6 nitrogen and oxygen atoms in total. The van der Waals surface area contributed by atoms with Gasteiger partial charge in [-0.15, -0.1) is 0 Å². The minimum Gasteiger partial charge on any atom is -0.335 e. The minimum atomic E-state index is -0.209. The number of urea groups is 1. The molecule has 1 aromatic heterocycles. The molecule has 1 heterocycles. The maximum Gasteiger partial charge on any atom is 0.315 e. The zero-order valence-corrected chi connectivity index (χ0v) is 13.3. The minimum absolute atomic E-state index is 0.102. The number of nitrogens with zero attached hydrogens (tertiary/aromatic N) is 2. The Kier molecular flexibility index (Phi) is 5.52. The zero-order chi connectivity index (χ0) is 15.9. The summed E-state index contributed by atoms with van der Waals surface area (Å²) in [6.45, 7) is 6.00. The second kappa shape index (κ2) is 7.59. The SMILES string of the molecule is CC[C@H](Cc1ccc(C)cc1)NC(=O)N[C@@H](C)c1ncn[nH]1. The first-order chi connectivity index (χ1) is 10.6. The predicted octanol–water partition coefficient (Wildman–Crippen LogP) is 2.49. The Hall–Kier alpha value is -2.37. The van der Waals surface area contributed by atoms with Crippen molar-refractivity contribution in [3.05, 3.63) is 47.5 Å². The second-order valence-electron chi connectivity index (χ2n) is 5.51. The summed E-state index contributed by atoms with van der Waals surface area (Å²) in [4.78, 5) is 16.1. The monoisotopic (exact) mass is 301 g/mol. The lowest BCUT2D eigenvalue weighted by Crippen LogP contribution is -2.43. The van der Waals surface area contributed by atoms with Gasteiger partial charge in [0.25, 0.3) is 0 Å². The van der Waals surface area contributed by atoms with Crippen LogP contribution in [0.25, 0.3) is 0 Å². The predicted molar refractivity (Wildman–Crippen MR) is 85.4 cm³/mol. The number of carbonyl (C=O) groups excluding carboxylic acids is 1. The molecule has 0 saturated carbocycles. The molecule has 2 rings (SSSR count). The summed E-state index contributed by atoms with van der Waals surface area (Å²) in [5.41, 5.74) is 2.46. The lowest BCUT2D eigenvalue weighted by atomic mass is 10.0. The van der Waals surface area contributed by atoms with Crippen LogP contribution >= 0.6 is 0 Å². The van der Waals surface area contributed by atoms with Crippen molar-refractivity contribution in [2.45, 2.75) is 45.7 Å². The number of rotatable bonds is 6. The van der Waals surface area contributed by atoms with Crippen LogP contribution in [0.3, 0.4) is 0 Å². The van der Waals surface area contributed by atoms with Gasteiger partial charge in [-0.1, -0.05) is 36.8 Å². The number of hydrogen-bond donors (Lipinski definition) is 3. The highest BCUT2D eigenvalue weighted by Gasteiger charge is 2.15. The van der Waals surface area contributed by atoms with E-state index in [9.17, 15) is 4.79 Å². The van der Waals surface area contributed by atoms with Crippen molar-refractivity contribution in [1.29, 1.82) is 0 Å². The molecule has 2 atom stereocenters. The summed E-state index contributed by atoms with van der Waals surface area (Å²) in [6.07, 6.45) is 3.12. The summed E-state index contributed by atoms with van der Waals surface area (Å²) in [5, 5.41) is 12.4. The molecule has 1 aromatic carbocycles. The third-order valence-corrected chi connectivity index (χ3v) is 3.62. The third-order valence-electron chi connectivity index (χ3n) is 3.62. The van der Waals surface area contributed by atoms with Crippen LogP contribution in [0.5, 0.6) is 0 Å². The highest BCUT2D eigenvalue weighted by molar-refractivity contribution is 5.74. The highest BCUT2D eigenvalue weighted by Crippen LogP contribution is 2.09. The fourth-order valence-electron chi connectivity index (χ4n) is 2.22. The molecule has 22 heavy (non-hydrogen) atoms. The first-order valence-electron chi connectivity index (χ1n) is 7.56. The fraction of sp³-hybridized carbons (Fsp3) is 0.438.